The van der Waals surface area contributed by atoms with Gasteiger partial charge in [-0.2, -0.15) is 8.78 Å². The van der Waals surface area contributed by atoms with Crippen molar-refractivity contribution in [2.24, 2.45) is 0 Å². The van der Waals surface area contributed by atoms with E-state index in [-0.39, 0.29) is 23.8 Å². The molecule has 0 radical (unpaired) electrons. The van der Waals surface area contributed by atoms with E-state index in [2.05, 4.69) is 15.0 Å². The fourth-order valence-corrected chi connectivity index (χ4v) is 2.92. The molecule has 3 rings (SSSR count). The fourth-order valence-electron chi connectivity index (χ4n) is 2.92. The molecule has 1 heterocycles. The Morgan fingerprint density at radius 1 is 1.06 bits per heavy atom. The molecular formula is C23H22F2N2O4. The number of hydrogen-bond acceptors (Lipinski definition) is 5. The summed E-state index contributed by atoms with van der Waals surface area (Å²) in [6.45, 7) is -2.35. The minimum Gasteiger partial charge on any atom is -0.475 e. The third-order valence-corrected chi connectivity index (χ3v) is 4.31. The number of ether oxygens (including phenoxy) is 3. The van der Waals surface area contributed by atoms with Crippen molar-refractivity contribution in [3.8, 4) is 11.6 Å². The summed E-state index contributed by atoms with van der Waals surface area (Å²) in [7, 11) is 1.55. The number of nitrogens with zero attached hydrogens (tertiary/aromatic N) is 1. The van der Waals surface area contributed by atoms with Crippen LogP contribution in [0, 0.1) is 0 Å². The zero-order valence-electron chi connectivity index (χ0n) is 16.9. The van der Waals surface area contributed by atoms with Gasteiger partial charge in [0.05, 0.1) is 6.61 Å². The molecule has 0 aliphatic rings. The van der Waals surface area contributed by atoms with Gasteiger partial charge in [0, 0.05) is 31.0 Å². The van der Waals surface area contributed by atoms with Crippen molar-refractivity contribution in [3.05, 3.63) is 83.6 Å². The molecule has 0 spiro atoms. The minimum absolute atomic E-state index is 0.0572. The molecule has 0 aliphatic heterocycles. The van der Waals surface area contributed by atoms with E-state index >= 15 is 0 Å². The largest absolute Gasteiger partial charge is 0.475 e. The van der Waals surface area contributed by atoms with Gasteiger partial charge in [-0.15, -0.1) is 0 Å². The Kier molecular flexibility index (Phi) is 7.89. The lowest BCUT2D eigenvalue weighted by atomic mass is 10.0. The first-order valence-corrected chi connectivity index (χ1v) is 9.56. The van der Waals surface area contributed by atoms with E-state index in [0.29, 0.717) is 24.3 Å². The van der Waals surface area contributed by atoms with Crippen molar-refractivity contribution < 1.29 is 27.8 Å². The second-order valence-electron chi connectivity index (χ2n) is 6.51. The van der Waals surface area contributed by atoms with E-state index in [9.17, 15) is 13.6 Å². The van der Waals surface area contributed by atoms with Crippen LogP contribution in [0.15, 0.2) is 66.9 Å². The number of benzene rings is 2. The lowest BCUT2D eigenvalue weighted by Gasteiger charge is -2.14. The molecule has 0 saturated carbocycles. The van der Waals surface area contributed by atoms with Crippen molar-refractivity contribution in [1.82, 2.24) is 4.98 Å². The molecule has 0 saturated heterocycles. The maximum atomic E-state index is 12.8. The summed E-state index contributed by atoms with van der Waals surface area (Å²) >= 11 is 0. The van der Waals surface area contributed by atoms with E-state index in [4.69, 9.17) is 9.47 Å². The maximum absolute atomic E-state index is 12.8. The van der Waals surface area contributed by atoms with Gasteiger partial charge in [-0.25, -0.2) is 4.98 Å². The number of rotatable bonds is 10. The zero-order valence-corrected chi connectivity index (χ0v) is 16.9. The first-order chi connectivity index (χ1) is 15.1. The molecule has 3 aromatic rings. The van der Waals surface area contributed by atoms with Gasteiger partial charge < -0.3 is 19.5 Å². The highest BCUT2D eigenvalue weighted by Crippen LogP contribution is 2.28. The predicted molar refractivity (Wildman–Crippen MR) is 112 cm³/mol. The molecule has 0 fully saturated rings. The highest BCUT2D eigenvalue weighted by Gasteiger charge is 2.16. The molecule has 31 heavy (non-hydrogen) atoms. The maximum Gasteiger partial charge on any atom is 0.387 e. The van der Waals surface area contributed by atoms with E-state index in [1.165, 1.54) is 18.3 Å². The summed E-state index contributed by atoms with van der Waals surface area (Å²) in [4.78, 5) is 16.9. The van der Waals surface area contributed by atoms with E-state index in [1.54, 1.807) is 25.3 Å². The average Bonchev–Trinajstić information content (AvgIpc) is 2.76. The summed E-state index contributed by atoms with van der Waals surface area (Å²) in [6.07, 6.45) is 1.89. The van der Waals surface area contributed by atoms with E-state index in [0.717, 1.165) is 5.56 Å². The van der Waals surface area contributed by atoms with Gasteiger partial charge in [-0.1, -0.05) is 30.3 Å². The SMILES string of the molecule is COCCOc1ncccc1C(=O)Nc1ccc(OC(F)F)c(Cc2ccccc2)c1. The monoisotopic (exact) mass is 428 g/mol. The molecule has 0 aliphatic carbocycles. The van der Waals surface area contributed by atoms with Crippen molar-refractivity contribution in [2.45, 2.75) is 13.0 Å². The number of methoxy groups -OCH3 is 1. The number of halogens is 2. The predicted octanol–water partition coefficient (Wildman–Crippen LogP) is 4.55. The van der Waals surface area contributed by atoms with Crippen LogP contribution in [-0.4, -0.2) is 37.8 Å². The average molecular weight is 428 g/mol. The molecule has 0 bridgehead atoms. The summed E-state index contributed by atoms with van der Waals surface area (Å²) in [6, 6.07) is 17.1. The number of hydrogen-bond donors (Lipinski definition) is 1. The molecule has 1 aromatic heterocycles. The smallest absolute Gasteiger partial charge is 0.387 e. The van der Waals surface area contributed by atoms with Crippen molar-refractivity contribution in [1.29, 1.82) is 0 Å². The van der Waals surface area contributed by atoms with Crippen molar-refractivity contribution >= 4 is 11.6 Å². The summed E-state index contributed by atoms with van der Waals surface area (Å²) < 4.78 is 40.7. The third-order valence-electron chi connectivity index (χ3n) is 4.31. The lowest BCUT2D eigenvalue weighted by molar-refractivity contribution is -0.0503. The Hall–Kier alpha value is -3.52. The number of pyridine rings is 1. The molecule has 162 valence electrons. The number of nitrogens with one attached hydrogen (secondary N) is 1. The third kappa shape index (κ3) is 6.48. The van der Waals surface area contributed by atoms with Crippen LogP contribution in [0.25, 0.3) is 0 Å². The normalized spacial score (nSPS) is 10.7. The van der Waals surface area contributed by atoms with E-state index in [1.807, 2.05) is 30.3 Å². The van der Waals surface area contributed by atoms with Crippen LogP contribution in [0.3, 0.4) is 0 Å². The molecular weight excluding hydrogens is 406 g/mol. The second-order valence-corrected chi connectivity index (χ2v) is 6.51. The van der Waals surface area contributed by atoms with Gasteiger partial charge >= 0.3 is 6.61 Å². The van der Waals surface area contributed by atoms with Crippen molar-refractivity contribution in [2.75, 3.05) is 25.6 Å². The summed E-state index contributed by atoms with van der Waals surface area (Å²) in [5, 5.41) is 2.76. The Balaban J connectivity index is 1.81. The van der Waals surface area contributed by atoms with Crippen LogP contribution in [0.2, 0.25) is 0 Å². The highest BCUT2D eigenvalue weighted by molar-refractivity contribution is 6.05. The highest BCUT2D eigenvalue weighted by atomic mass is 19.3. The number of aromatic nitrogens is 1. The molecule has 1 N–H and O–H groups in total. The first-order valence-electron chi connectivity index (χ1n) is 9.56. The Morgan fingerprint density at radius 3 is 2.61 bits per heavy atom. The Bertz CT molecular complexity index is 1000. The molecule has 8 heteroatoms. The van der Waals surface area contributed by atoms with Gasteiger partial charge in [0.1, 0.15) is 17.9 Å². The first kappa shape index (κ1) is 22.2. The molecule has 2 aromatic carbocycles. The van der Waals surface area contributed by atoms with Crippen LogP contribution in [0.4, 0.5) is 14.5 Å². The van der Waals surface area contributed by atoms with Crippen LogP contribution < -0.4 is 14.8 Å². The molecule has 6 nitrogen and oxygen atoms in total. The summed E-state index contributed by atoms with van der Waals surface area (Å²) in [5.41, 5.74) is 2.12. The fraction of sp³-hybridized carbons (Fsp3) is 0.217. The van der Waals surface area contributed by atoms with Gasteiger partial charge in [0.15, 0.2) is 0 Å². The van der Waals surface area contributed by atoms with E-state index < -0.39 is 12.5 Å². The number of amides is 1. The minimum atomic E-state index is -2.95. The van der Waals surface area contributed by atoms with Gasteiger partial charge in [0.2, 0.25) is 5.88 Å². The Labute approximate surface area is 178 Å². The Morgan fingerprint density at radius 2 is 1.87 bits per heavy atom. The molecule has 0 unspecified atom stereocenters. The van der Waals surface area contributed by atoms with Crippen LogP contribution in [0.5, 0.6) is 11.6 Å². The lowest BCUT2D eigenvalue weighted by Crippen LogP contribution is -2.16. The van der Waals surface area contributed by atoms with Gasteiger partial charge in [0.25, 0.3) is 5.91 Å². The number of anilines is 1. The number of carbonyl (C=O) groups is 1. The number of alkyl halides is 2. The molecule has 0 atom stereocenters. The summed E-state index contributed by atoms with van der Waals surface area (Å²) in [5.74, 6) is -0.199. The number of carbonyl (C=O) groups excluding carboxylic acids is 1. The van der Waals surface area contributed by atoms with Crippen LogP contribution in [0.1, 0.15) is 21.5 Å². The van der Waals surface area contributed by atoms with Gasteiger partial charge in [-0.05, 0) is 35.9 Å². The zero-order chi connectivity index (χ0) is 22.1. The van der Waals surface area contributed by atoms with Crippen LogP contribution >= 0.6 is 0 Å². The van der Waals surface area contributed by atoms with Crippen LogP contribution in [-0.2, 0) is 11.2 Å². The van der Waals surface area contributed by atoms with Crippen molar-refractivity contribution in [3.63, 3.8) is 0 Å². The second kappa shape index (κ2) is 11.0. The van der Waals surface area contributed by atoms with Gasteiger partial charge in [-0.3, -0.25) is 4.79 Å². The topological polar surface area (TPSA) is 69.7 Å². The standard InChI is InChI=1S/C23H22F2N2O4/c1-29-12-13-30-22-19(8-5-11-26-22)21(28)27-18-9-10-20(31-23(24)25)17(15-18)14-16-6-3-2-4-7-16/h2-11,15,23H,12-14H2,1H3,(H,27,28). The quantitative estimate of drug-likeness (QED) is 0.480. The molecule has 1 amide bonds.